The van der Waals surface area contributed by atoms with Crippen molar-refractivity contribution in [3.8, 4) is 0 Å². The lowest BCUT2D eigenvalue weighted by atomic mass is 10.1. The predicted molar refractivity (Wildman–Crippen MR) is 100 cm³/mol. The monoisotopic (exact) mass is 340 g/mol. The molecule has 0 unspecified atom stereocenters. The van der Waals surface area contributed by atoms with Gasteiger partial charge in [0.25, 0.3) is 5.91 Å². The number of hydrogen-bond acceptors (Lipinski definition) is 2. The number of morpholine rings is 1. The van der Waals surface area contributed by atoms with Crippen LogP contribution in [0, 0.1) is 20.8 Å². The number of aryl methyl sites for hydroxylation is 3. The summed E-state index contributed by atoms with van der Waals surface area (Å²) in [6, 6.07) is 10.6. The zero-order valence-corrected chi connectivity index (χ0v) is 15.9. The summed E-state index contributed by atoms with van der Waals surface area (Å²) in [4.78, 5) is 15.2. The molecule has 3 rings (SSSR count). The van der Waals surface area contributed by atoms with Crippen LogP contribution in [0.4, 0.5) is 0 Å². The molecule has 0 bridgehead atoms. The number of amides is 1. The highest BCUT2D eigenvalue weighted by atomic mass is 16.5. The van der Waals surface area contributed by atoms with Gasteiger partial charge < -0.3 is 14.2 Å². The maximum atomic E-state index is 13.3. The number of ether oxygens (including phenoxy) is 1. The van der Waals surface area contributed by atoms with Crippen molar-refractivity contribution in [3.63, 3.8) is 0 Å². The number of benzene rings is 1. The van der Waals surface area contributed by atoms with Crippen molar-refractivity contribution < 1.29 is 9.53 Å². The van der Waals surface area contributed by atoms with Crippen molar-refractivity contribution in [2.75, 3.05) is 13.1 Å². The molecule has 0 spiro atoms. The van der Waals surface area contributed by atoms with Gasteiger partial charge in [-0.2, -0.15) is 0 Å². The van der Waals surface area contributed by atoms with Crippen molar-refractivity contribution in [3.05, 3.63) is 58.4 Å². The van der Waals surface area contributed by atoms with Crippen LogP contribution in [-0.4, -0.2) is 40.7 Å². The number of hydrogen-bond donors (Lipinski definition) is 0. The van der Waals surface area contributed by atoms with Gasteiger partial charge in [-0.3, -0.25) is 4.79 Å². The zero-order valence-electron chi connectivity index (χ0n) is 15.9. The molecule has 4 nitrogen and oxygen atoms in total. The van der Waals surface area contributed by atoms with Crippen LogP contribution in [0.15, 0.2) is 30.3 Å². The fraction of sp³-hybridized carbons (Fsp3) is 0.476. The van der Waals surface area contributed by atoms with Crippen LogP contribution in [0.1, 0.15) is 46.7 Å². The summed E-state index contributed by atoms with van der Waals surface area (Å²) in [5.41, 5.74) is 5.43. The molecule has 1 amide bonds. The van der Waals surface area contributed by atoms with Crippen molar-refractivity contribution >= 4 is 5.91 Å². The molecular formula is C21H28N2O2. The molecule has 1 aliphatic heterocycles. The van der Waals surface area contributed by atoms with E-state index in [0.717, 1.165) is 23.5 Å². The highest BCUT2D eigenvalue weighted by Gasteiger charge is 2.29. The number of carbonyl (C=O) groups excluding carboxylic acids is 1. The maximum absolute atomic E-state index is 13.3. The molecule has 2 heterocycles. The molecule has 1 saturated heterocycles. The SMILES string of the molecule is Cc1cccc(Cn2c(C)cc(C)c2C(=O)N2C[C@H](C)O[C@@H](C)C2)c1. The largest absolute Gasteiger partial charge is 0.372 e. The second-order valence-electron chi connectivity index (χ2n) is 7.36. The van der Waals surface area contributed by atoms with E-state index in [1.54, 1.807) is 0 Å². The van der Waals surface area contributed by atoms with Crippen molar-refractivity contribution in [1.82, 2.24) is 9.47 Å². The van der Waals surface area contributed by atoms with Crippen LogP contribution < -0.4 is 0 Å². The Hall–Kier alpha value is -2.07. The van der Waals surface area contributed by atoms with E-state index in [9.17, 15) is 4.79 Å². The van der Waals surface area contributed by atoms with Gasteiger partial charge in [0.15, 0.2) is 0 Å². The van der Waals surface area contributed by atoms with E-state index in [4.69, 9.17) is 4.74 Å². The Morgan fingerprint density at radius 1 is 1.12 bits per heavy atom. The zero-order chi connectivity index (χ0) is 18.1. The van der Waals surface area contributed by atoms with E-state index in [1.807, 2.05) is 25.7 Å². The summed E-state index contributed by atoms with van der Waals surface area (Å²) in [5.74, 6) is 0.111. The highest BCUT2D eigenvalue weighted by Crippen LogP contribution is 2.22. The minimum Gasteiger partial charge on any atom is -0.372 e. The molecule has 0 aliphatic carbocycles. The smallest absolute Gasteiger partial charge is 0.270 e. The van der Waals surface area contributed by atoms with E-state index < -0.39 is 0 Å². The molecule has 134 valence electrons. The number of nitrogens with zero attached hydrogens (tertiary/aromatic N) is 2. The molecule has 0 N–H and O–H groups in total. The Morgan fingerprint density at radius 3 is 2.44 bits per heavy atom. The molecule has 2 atom stereocenters. The fourth-order valence-corrected chi connectivity index (χ4v) is 3.82. The Morgan fingerprint density at radius 2 is 1.80 bits per heavy atom. The second-order valence-corrected chi connectivity index (χ2v) is 7.36. The number of aromatic nitrogens is 1. The third-order valence-corrected chi connectivity index (χ3v) is 4.83. The average molecular weight is 340 g/mol. The fourth-order valence-electron chi connectivity index (χ4n) is 3.82. The van der Waals surface area contributed by atoms with Gasteiger partial charge in [-0.05, 0) is 51.8 Å². The molecular weight excluding hydrogens is 312 g/mol. The summed E-state index contributed by atoms with van der Waals surface area (Å²) in [6.45, 7) is 12.3. The van der Waals surface area contributed by atoms with Crippen LogP contribution in [0.25, 0.3) is 0 Å². The summed E-state index contributed by atoms with van der Waals surface area (Å²) < 4.78 is 7.93. The first-order valence-electron chi connectivity index (χ1n) is 9.02. The van der Waals surface area contributed by atoms with E-state index in [1.165, 1.54) is 11.1 Å². The van der Waals surface area contributed by atoms with Crippen molar-refractivity contribution in [1.29, 1.82) is 0 Å². The second kappa shape index (κ2) is 7.04. The maximum Gasteiger partial charge on any atom is 0.270 e. The Bertz CT molecular complexity index is 768. The first kappa shape index (κ1) is 17.7. The van der Waals surface area contributed by atoms with Crippen molar-refractivity contribution in [2.45, 2.75) is 53.4 Å². The average Bonchev–Trinajstić information content (AvgIpc) is 2.79. The molecule has 4 heteroatoms. The van der Waals surface area contributed by atoms with Crippen LogP contribution in [-0.2, 0) is 11.3 Å². The van der Waals surface area contributed by atoms with Crippen molar-refractivity contribution in [2.24, 2.45) is 0 Å². The molecule has 2 aromatic rings. The minimum absolute atomic E-state index is 0.0780. The summed E-state index contributed by atoms with van der Waals surface area (Å²) >= 11 is 0. The Balaban J connectivity index is 1.92. The molecule has 1 fully saturated rings. The summed E-state index contributed by atoms with van der Waals surface area (Å²) in [7, 11) is 0. The van der Waals surface area contributed by atoms with E-state index >= 15 is 0 Å². The van der Waals surface area contributed by atoms with Crippen LogP contribution in [0.2, 0.25) is 0 Å². The van der Waals surface area contributed by atoms with Crippen LogP contribution >= 0.6 is 0 Å². The minimum atomic E-state index is 0.0780. The van der Waals surface area contributed by atoms with E-state index in [-0.39, 0.29) is 18.1 Å². The highest BCUT2D eigenvalue weighted by molar-refractivity contribution is 5.94. The van der Waals surface area contributed by atoms with E-state index in [0.29, 0.717) is 13.1 Å². The predicted octanol–water partition coefficient (Wildman–Crippen LogP) is 3.71. The lowest BCUT2D eigenvalue weighted by molar-refractivity contribution is -0.0588. The van der Waals surface area contributed by atoms with Gasteiger partial charge in [0.2, 0.25) is 0 Å². The third kappa shape index (κ3) is 3.79. The summed E-state index contributed by atoms with van der Waals surface area (Å²) in [6.07, 6.45) is 0.156. The quantitative estimate of drug-likeness (QED) is 0.854. The van der Waals surface area contributed by atoms with Gasteiger partial charge in [-0.15, -0.1) is 0 Å². The normalized spacial score (nSPS) is 20.8. The molecule has 0 saturated carbocycles. The van der Waals surface area contributed by atoms with Gasteiger partial charge in [0, 0.05) is 25.3 Å². The Kier molecular flexibility index (Phi) is 5.00. The Labute approximate surface area is 150 Å². The molecule has 1 aliphatic rings. The number of carbonyl (C=O) groups is 1. The molecule has 0 radical (unpaired) electrons. The van der Waals surface area contributed by atoms with Gasteiger partial charge in [-0.1, -0.05) is 29.8 Å². The van der Waals surface area contributed by atoms with Crippen LogP contribution in [0.5, 0.6) is 0 Å². The number of rotatable bonds is 3. The van der Waals surface area contributed by atoms with E-state index in [2.05, 4.69) is 48.7 Å². The molecule has 25 heavy (non-hydrogen) atoms. The molecule has 1 aromatic heterocycles. The van der Waals surface area contributed by atoms with Gasteiger partial charge >= 0.3 is 0 Å². The first-order valence-corrected chi connectivity index (χ1v) is 9.02. The first-order chi connectivity index (χ1) is 11.8. The van der Waals surface area contributed by atoms with Gasteiger partial charge in [-0.25, -0.2) is 0 Å². The van der Waals surface area contributed by atoms with Gasteiger partial charge in [0.05, 0.1) is 12.2 Å². The lowest BCUT2D eigenvalue weighted by Gasteiger charge is -2.35. The third-order valence-electron chi connectivity index (χ3n) is 4.83. The topological polar surface area (TPSA) is 34.5 Å². The molecule has 1 aromatic carbocycles. The standard InChI is InChI=1S/C21H28N2O2/c1-14-7-6-8-19(9-14)13-23-16(3)10-15(2)20(23)21(24)22-11-17(4)25-18(5)12-22/h6-10,17-18H,11-13H2,1-5H3/t17-,18-/m0/s1. The summed E-state index contributed by atoms with van der Waals surface area (Å²) in [5, 5.41) is 0. The van der Waals surface area contributed by atoms with Gasteiger partial charge in [0.1, 0.15) is 5.69 Å². The lowest BCUT2D eigenvalue weighted by Crippen LogP contribution is -2.48. The van der Waals surface area contributed by atoms with Crippen LogP contribution in [0.3, 0.4) is 0 Å².